The number of fused-ring (bicyclic) bond motifs is 1. The molecule has 0 radical (unpaired) electrons. The smallest absolute Gasteiger partial charge is 0.244 e. The van der Waals surface area contributed by atoms with Crippen molar-refractivity contribution in [2.45, 2.75) is 43.7 Å². The fourth-order valence-electron chi connectivity index (χ4n) is 4.45. The minimum Gasteiger partial charge on any atom is -0.495 e. The van der Waals surface area contributed by atoms with Gasteiger partial charge >= 0.3 is 0 Å². The molecule has 1 aliphatic heterocycles. The Morgan fingerprint density at radius 3 is 2.23 bits per heavy atom. The summed E-state index contributed by atoms with van der Waals surface area (Å²) in [5.41, 5.74) is 1.40. The maximum atomic E-state index is 13.0. The van der Waals surface area contributed by atoms with Gasteiger partial charge < -0.3 is 4.74 Å². The second-order valence-corrected chi connectivity index (χ2v) is 9.79. The number of amides is 2. The van der Waals surface area contributed by atoms with Crippen LogP contribution >= 0.6 is 0 Å². The molecule has 2 unspecified atom stereocenters. The van der Waals surface area contributed by atoms with E-state index in [9.17, 15) is 18.0 Å². The molecule has 2 amide bonds. The number of sulfonamides is 1. The highest BCUT2D eigenvalue weighted by Gasteiger charge is 2.47. The standard InChI is InChI=1S/C23H26N2O5S/c1-30-20-12-11-17(15-25-22(26)18-9-5-6-10-19(18)23(25)27)13-21(20)31(28,29)24-14-16-7-3-2-4-8-16/h2-4,7-8,11-13,18-19,24H,5-6,9-10,14-15H2,1H3. The first-order valence-electron chi connectivity index (χ1n) is 10.5. The highest BCUT2D eigenvalue weighted by molar-refractivity contribution is 7.89. The largest absolute Gasteiger partial charge is 0.495 e. The lowest BCUT2D eigenvalue weighted by Gasteiger charge is -2.19. The second kappa shape index (κ2) is 8.80. The van der Waals surface area contributed by atoms with Gasteiger partial charge in [-0.3, -0.25) is 14.5 Å². The van der Waals surface area contributed by atoms with E-state index in [1.807, 2.05) is 30.3 Å². The first kappa shape index (κ1) is 21.5. The Kier molecular flexibility index (Phi) is 6.11. The van der Waals surface area contributed by atoms with Crippen LogP contribution in [0.2, 0.25) is 0 Å². The summed E-state index contributed by atoms with van der Waals surface area (Å²) in [6, 6.07) is 13.9. The zero-order valence-electron chi connectivity index (χ0n) is 17.4. The first-order valence-corrected chi connectivity index (χ1v) is 11.9. The third-order valence-corrected chi connectivity index (χ3v) is 7.52. The average Bonchev–Trinajstić information content (AvgIpc) is 3.03. The molecule has 0 spiro atoms. The van der Waals surface area contributed by atoms with E-state index in [1.165, 1.54) is 18.1 Å². The monoisotopic (exact) mass is 442 g/mol. The molecule has 2 atom stereocenters. The normalized spacial score (nSPS) is 21.3. The molecule has 1 saturated heterocycles. The number of nitrogens with one attached hydrogen (secondary N) is 1. The van der Waals surface area contributed by atoms with Gasteiger partial charge in [-0.05, 0) is 36.1 Å². The third-order valence-electron chi connectivity index (χ3n) is 6.10. The fourth-order valence-corrected chi connectivity index (χ4v) is 5.69. The third kappa shape index (κ3) is 4.36. The van der Waals surface area contributed by atoms with Gasteiger partial charge in [-0.25, -0.2) is 13.1 Å². The van der Waals surface area contributed by atoms with Gasteiger partial charge in [0.2, 0.25) is 21.8 Å². The molecule has 8 heteroatoms. The van der Waals surface area contributed by atoms with E-state index in [1.54, 1.807) is 12.1 Å². The molecule has 1 heterocycles. The van der Waals surface area contributed by atoms with Crippen LogP contribution in [0.4, 0.5) is 0 Å². The van der Waals surface area contributed by atoms with E-state index in [0.717, 1.165) is 31.2 Å². The average molecular weight is 443 g/mol. The summed E-state index contributed by atoms with van der Waals surface area (Å²) >= 11 is 0. The summed E-state index contributed by atoms with van der Waals surface area (Å²) in [5.74, 6) is -0.531. The number of carbonyl (C=O) groups is 2. The molecular weight excluding hydrogens is 416 g/mol. The van der Waals surface area contributed by atoms with Crippen molar-refractivity contribution in [1.82, 2.24) is 9.62 Å². The van der Waals surface area contributed by atoms with Crippen molar-refractivity contribution >= 4 is 21.8 Å². The Morgan fingerprint density at radius 1 is 0.968 bits per heavy atom. The molecule has 2 aromatic carbocycles. The molecular formula is C23H26N2O5S. The lowest BCUT2D eigenvalue weighted by Crippen LogP contribution is -2.30. The van der Waals surface area contributed by atoms with Crippen molar-refractivity contribution in [3.8, 4) is 5.75 Å². The van der Waals surface area contributed by atoms with Gasteiger partial charge in [0.25, 0.3) is 0 Å². The molecule has 2 aliphatic rings. The highest BCUT2D eigenvalue weighted by Crippen LogP contribution is 2.39. The quantitative estimate of drug-likeness (QED) is 0.666. The van der Waals surface area contributed by atoms with Gasteiger partial charge in [-0.2, -0.15) is 0 Å². The van der Waals surface area contributed by atoms with E-state index < -0.39 is 10.0 Å². The van der Waals surface area contributed by atoms with Crippen molar-refractivity contribution in [3.63, 3.8) is 0 Å². The van der Waals surface area contributed by atoms with Crippen LogP contribution in [0.5, 0.6) is 5.75 Å². The number of nitrogens with zero attached hydrogens (tertiary/aromatic N) is 1. The van der Waals surface area contributed by atoms with Crippen LogP contribution in [0.15, 0.2) is 53.4 Å². The molecule has 164 valence electrons. The van der Waals surface area contributed by atoms with Crippen LogP contribution in [-0.2, 0) is 32.7 Å². The van der Waals surface area contributed by atoms with Crippen LogP contribution in [0, 0.1) is 11.8 Å². The Labute approximate surface area is 182 Å². The number of likely N-dealkylation sites (tertiary alicyclic amines) is 1. The minimum atomic E-state index is -3.87. The van der Waals surface area contributed by atoms with Gasteiger partial charge in [-0.15, -0.1) is 0 Å². The molecule has 1 aliphatic carbocycles. The maximum Gasteiger partial charge on any atom is 0.244 e. The zero-order valence-corrected chi connectivity index (χ0v) is 18.2. The van der Waals surface area contributed by atoms with Crippen LogP contribution in [0.1, 0.15) is 36.8 Å². The van der Waals surface area contributed by atoms with E-state index in [0.29, 0.717) is 5.56 Å². The molecule has 2 fully saturated rings. The number of rotatable bonds is 7. The number of carbonyl (C=O) groups excluding carboxylic acids is 2. The molecule has 4 rings (SSSR count). The lowest BCUT2D eigenvalue weighted by molar-refractivity contribution is -0.140. The summed E-state index contributed by atoms with van der Waals surface area (Å²) in [4.78, 5) is 26.8. The molecule has 1 N–H and O–H groups in total. The summed E-state index contributed by atoms with van der Waals surface area (Å²) in [5, 5.41) is 0. The fraction of sp³-hybridized carbons (Fsp3) is 0.391. The molecule has 1 saturated carbocycles. The van der Waals surface area contributed by atoms with Crippen LogP contribution in [0.3, 0.4) is 0 Å². The Balaban J connectivity index is 1.56. The predicted molar refractivity (Wildman–Crippen MR) is 114 cm³/mol. The van der Waals surface area contributed by atoms with Crippen LogP contribution in [0.25, 0.3) is 0 Å². The van der Waals surface area contributed by atoms with Crippen molar-refractivity contribution in [2.75, 3.05) is 7.11 Å². The number of methoxy groups -OCH3 is 1. The van der Waals surface area contributed by atoms with Gasteiger partial charge in [0, 0.05) is 6.54 Å². The zero-order chi connectivity index (χ0) is 22.0. The van der Waals surface area contributed by atoms with E-state index in [2.05, 4.69) is 4.72 Å². The van der Waals surface area contributed by atoms with Crippen molar-refractivity contribution in [1.29, 1.82) is 0 Å². The molecule has 2 aromatic rings. The van der Waals surface area contributed by atoms with Gasteiger partial charge in [0.05, 0.1) is 25.5 Å². The Bertz CT molecular complexity index is 1060. The number of benzene rings is 2. The van der Waals surface area contributed by atoms with Gasteiger partial charge in [-0.1, -0.05) is 49.2 Å². The predicted octanol–water partition coefficient (Wildman–Crippen LogP) is 2.85. The van der Waals surface area contributed by atoms with Crippen molar-refractivity contribution < 1.29 is 22.7 Å². The Hall–Kier alpha value is -2.71. The maximum absolute atomic E-state index is 13.0. The van der Waals surface area contributed by atoms with E-state index >= 15 is 0 Å². The van der Waals surface area contributed by atoms with Gasteiger partial charge in [0.1, 0.15) is 10.6 Å². The number of imide groups is 1. The molecule has 31 heavy (non-hydrogen) atoms. The molecule has 0 bridgehead atoms. The molecule has 7 nitrogen and oxygen atoms in total. The first-order chi connectivity index (χ1) is 14.9. The molecule has 0 aromatic heterocycles. The summed E-state index contributed by atoms with van der Waals surface area (Å²) < 4.78 is 33.8. The number of ether oxygens (including phenoxy) is 1. The minimum absolute atomic E-state index is 0.0139. The van der Waals surface area contributed by atoms with Crippen molar-refractivity contribution in [2.24, 2.45) is 11.8 Å². The summed E-state index contributed by atoms with van der Waals surface area (Å²) in [7, 11) is -2.46. The highest BCUT2D eigenvalue weighted by atomic mass is 32.2. The number of hydrogen-bond acceptors (Lipinski definition) is 5. The van der Waals surface area contributed by atoms with E-state index in [4.69, 9.17) is 4.74 Å². The van der Waals surface area contributed by atoms with Gasteiger partial charge in [0.15, 0.2) is 0 Å². The van der Waals surface area contributed by atoms with E-state index in [-0.39, 0.29) is 47.4 Å². The second-order valence-electron chi connectivity index (χ2n) is 8.06. The summed E-state index contributed by atoms with van der Waals surface area (Å²) in [6.45, 7) is 0.207. The van der Waals surface area contributed by atoms with Crippen LogP contribution in [-0.4, -0.2) is 32.2 Å². The Morgan fingerprint density at radius 2 is 1.61 bits per heavy atom. The van der Waals surface area contributed by atoms with Crippen LogP contribution < -0.4 is 9.46 Å². The SMILES string of the molecule is COc1ccc(CN2C(=O)C3CCCCC3C2=O)cc1S(=O)(=O)NCc1ccccc1. The lowest BCUT2D eigenvalue weighted by atomic mass is 9.81. The topological polar surface area (TPSA) is 92.8 Å². The number of hydrogen-bond donors (Lipinski definition) is 1. The van der Waals surface area contributed by atoms with Crippen molar-refractivity contribution in [3.05, 3.63) is 59.7 Å². The summed E-state index contributed by atoms with van der Waals surface area (Å²) in [6.07, 6.45) is 3.42.